The fourth-order valence-electron chi connectivity index (χ4n) is 2.57. The predicted octanol–water partition coefficient (Wildman–Crippen LogP) is 2.95. The summed E-state index contributed by atoms with van der Waals surface area (Å²) >= 11 is 1.66. The Morgan fingerprint density at radius 1 is 1.35 bits per heavy atom. The van der Waals surface area contributed by atoms with Gasteiger partial charge in [-0.1, -0.05) is 0 Å². The van der Waals surface area contributed by atoms with E-state index in [2.05, 4.69) is 15.3 Å². The molecule has 2 aromatic heterocycles. The summed E-state index contributed by atoms with van der Waals surface area (Å²) < 4.78 is 5.68. The molecule has 1 aliphatic heterocycles. The number of nitrogens with one attached hydrogen (secondary N) is 1. The van der Waals surface area contributed by atoms with Gasteiger partial charge >= 0.3 is 0 Å². The Bertz CT molecular complexity index is 648. The van der Waals surface area contributed by atoms with Crippen molar-refractivity contribution in [3.05, 3.63) is 45.7 Å². The summed E-state index contributed by atoms with van der Waals surface area (Å²) in [5, 5.41) is 2.91. The van der Waals surface area contributed by atoms with Crippen LogP contribution in [0.4, 0.5) is 0 Å². The number of thiophene rings is 1. The Morgan fingerprint density at radius 2 is 2.17 bits per heavy atom. The summed E-state index contributed by atoms with van der Waals surface area (Å²) in [6.07, 6.45) is 7.25. The lowest BCUT2D eigenvalue weighted by molar-refractivity contribution is -0.120. The predicted molar refractivity (Wildman–Crippen MR) is 89.2 cm³/mol. The molecule has 1 amide bonds. The average molecular weight is 331 g/mol. The summed E-state index contributed by atoms with van der Waals surface area (Å²) in [6, 6.07) is 4.04. The van der Waals surface area contributed by atoms with Gasteiger partial charge in [0.2, 0.25) is 5.91 Å². The number of hydrogen-bond donors (Lipinski definition) is 1. The largest absolute Gasteiger partial charge is 0.370 e. The summed E-state index contributed by atoms with van der Waals surface area (Å²) in [7, 11) is 0. The van der Waals surface area contributed by atoms with Gasteiger partial charge in [-0.15, -0.1) is 11.3 Å². The molecule has 122 valence electrons. The third kappa shape index (κ3) is 4.59. The molecule has 2 aromatic rings. The molecule has 3 rings (SSSR count). The highest BCUT2D eigenvalue weighted by Crippen LogP contribution is 2.24. The third-order valence-electron chi connectivity index (χ3n) is 3.81. The highest BCUT2D eigenvalue weighted by atomic mass is 32.1. The molecule has 0 spiro atoms. The Kier molecular flexibility index (Phi) is 5.35. The van der Waals surface area contributed by atoms with E-state index in [0.29, 0.717) is 13.0 Å². The monoisotopic (exact) mass is 331 g/mol. The Morgan fingerprint density at radius 3 is 2.83 bits per heavy atom. The number of amides is 1. The minimum absolute atomic E-state index is 0.0199. The van der Waals surface area contributed by atoms with E-state index in [1.165, 1.54) is 4.88 Å². The fourth-order valence-corrected chi connectivity index (χ4v) is 3.46. The van der Waals surface area contributed by atoms with Gasteiger partial charge in [0.05, 0.1) is 6.42 Å². The van der Waals surface area contributed by atoms with E-state index < -0.39 is 0 Å². The lowest BCUT2D eigenvalue weighted by atomic mass is 10.1. The molecule has 1 fully saturated rings. The van der Waals surface area contributed by atoms with Crippen LogP contribution in [-0.2, 0) is 22.5 Å². The van der Waals surface area contributed by atoms with E-state index >= 15 is 0 Å². The van der Waals surface area contributed by atoms with Gasteiger partial charge in [0.1, 0.15) is 6.10 Å². The van der Waals surface area contributed by atoms with Crippen molar-refractivity contribution in [2.45, 2.75) is 45.3 Å². The van der Waals surface area contributed by atoms with Gasteiger partial charge in [0, 0.05) is 40.9 Å². The smallest absolute Gasteiger partial charge is 0.225 e. The Labute approximate surface area is 140 Å². The fraction of sp³-hybridized carbons (Fsp3) is 0.471. The normalized spacial score (nSPS) is 17.9. The van der Waals surface area contributed by atoms with Crippen molar-refractivity contribution in [3.8, 4) is 0 Å². The van der Waals surface area contributed by atoms with E-state index in [-0.39, 0.29) is 12.0 Å². The number of carbonyl (C=O) groups excluding carboxylic acids is 1. The molecule has 0 bridgehead atoms. The number of nitrogens with zero attached hydrogens (tertiary/aromatic N) is 2. The van der Waals surface area contributed by atoms with Crippen molar-refractivity contribution in [2.75, 3.05) is 6.61 Å². The van der Waals surface area contributed by atoms with Crippen LogP contribution in [0.1, 0.15) is 46.5 Å². The zero-order chi connectivity index (χ0) is 16.1. The van der Waals surface area contributed by atoms with E-state index in [4.69, 9.17) is 4.74 Å². The standard InChI is InChI=1S/C17H21N3O2S/c1-12-5-6-14(23-12)8-16(21)18-9-13-10-19-17(20-11-13)15-4-2-3-7-22-15/h5-6,10-11,15H,2-4,7-9H2,1H3,(H,18,21). The maximum absolute atomic E-state index is 11.9. The number of hydrogen-bond acceptors (Lipinski definition) is 5. The van der Waals surface area contributed by atoms with Crippen molar-refractivity contribution in [2.24, 2.45) is 0 Å². The van der Waals surface area contributed by atoms with Gasteiger partial charge in [-0.25, -0.2) is 9.97 Å². The lowest BCUT2D eigenvalue weighted by Gasteiger charge is -2.21. The van der Waals surface area contributed by atoms with Crippen LogP contribution in [-0.4, -0.2) is 22.5 Å². The quantitative estimate of drug-likeness (QED) is 0.915. The molecule has 23 heavy (non-hydrogen) atoms. The minimum atomic E-state index is 0.0199. The first kappa shape index (κ1) is 16.1. The Balaban J connectivity index is 1.49. The second-order valence-corrected chi connectivity index (χ2v) is 7.14. The number of rotatable bonds is 5. The molecule has 0 aliphatic carbocycles. The molecule has 1 aliphatic rings. The van der Waals surface area contributed by atoms with E-state index in [0.717, 1.165) is 42.1 Å². The van der Waals surface area contributed by atoms with Crippen LogP contribution >= 0.6 is 11.3 Å². The van der Waals surface area contributed by atoms with Crippen molar-refractivity contribution in [1.29, 1.82) is 0 Å². The first-order valence-electron chi connectivity index (χ1n) is 7.95. The van der Waals surface area contributed by atoms with Crippen molar-refractivity contribution in [3.63, 3.8) is 0 Å². The third-order valence-corrected chi connectivity index (χ3v) is 4.81. The highest BCUT2D eigenvalue weighted by molar-refractivity contribution is 7.12. The first-order chi connectivity index (χ1) is 11.2. The van der Waals surface area contributed by atoms with Crippen LogP contribution < -0.4 is 5.32 Å². The SMILES string of the molecule is Cc1ccc(CC(=O)NCc2cnc(C3CCCCO3)nc2)s1. The summed E-state index contributed by atoms with van der Waals surface area (Å²) in [4.78, 5) is 23.0. The topological polar surface area (TPSA) is 64.1 Å². The van der Waals surface area contributed by atoms with Gasteiger partial charge in [0.15, 0.2) is 5.82 Å². The molecular formula is C17H21N3O2S. The van der Waals surface area contributed by atoms with Crippen LogP contribution in [0.15, 0.2) is 24.5 Å². The molecule has 6 heteroatoms. The number of aromatic nitrogens is 2. The lowest BCUT2D eigenvalue weighted by Crippen LogP contribution is -2.24. The molecular weight excluding hydrogens is 310 g/mol. The van der Waals surface area contributed by atoms with Gasteiger partial charge in [-0.2, -0.15) is 0 Å². The molecule has 5 nitrogen and oxygen atoms in total. The average Bonchev–Trinajstić information content (AvgIpc) is 2.99. The first-order valence-corrected chi connectivity index (χ1v) is 8.77. The number of aryl methyl sites for hydroxylation is 1. The second kappa shape index (κ2) is 7.66. The van der Waals surface area contributed by atoms with Crippen LogP contribution in [0, 0.1) is 6.92 Å². The van der Waals surface area contributed by atoms with Gasteiger partial charge < -0.3 is 10.1 Å². The molecule has 0 aromatic carbocycles. The van der Waals surface area contributed by atoms with E-state index in [1.807, 2.05) is 19.1 Å². The van der Waals surface area contributed by atoms with Crippen LogP contribution in [0.3, 0.4) is 0 Å². The zero-order valence-electron chi connectivity index (χ0n) is 13.2. The highest BCUT2D eigenvalue weighted by Gasteiger charge is 2.18. The van der Waals surface area contributed by atoms with Crippen LogP contribution in [0.25, 0.3) is 0 Å². The molecule has 3 heterocycles. The van der Waals surface area contributed by atoms with E-state index in [1.54, 1.807) is 23.7 Å². The van der Waals surface area contributed by atoms with Crippen LogP contribution in [0.2, 0.25) is 0 Å². The second-order valence-electron chi connectivity index (χ2n) is 5.77. The molecule has 1 saturated heterocycles. The minimum Gasteiger partial charge on any atom is -0.370 e. The number of carbonyl (C=O) groups is 1. The van der Waals surface area contributed by atoms with Crippen LogP contribution in [0.5, 0.6) is 0 Å². The maximum atomic E-state index is 11.9. The summed E-state index contributed by atoms with van der Waals surface area (Å²) in [6.45, 7) is 3.28. The maximum Gasteiger partial charge on any atom is 0.225 e. The molecule has 0 saturated carbocycles. The molecule has 0 radical (unpaired) electrons. The number of ether oxygens (including phenoxy) is 1. The molecule has 1 unspecified atom stereocenters. The van der Waals surface area contributed by atoms with E-state index in [9.17, 15) is 4.79 Å². The van der Waals surface area contributed by atoms with Crippen molar-refractivity contribution >= 4 is 17.2 Å². The van der Waals surface area contributed by atoms with Crippen molar-refractivity contribution < 1.29 is 9.53 Å². The van der Waals surface area contributed by atoms with Gasteiger partial charge in [-0.3, -0.25) is 4.79 Å². The van der Waals surface area contributed by atoms with Gasteiger partial charge in [0.25, 0.3) is 0 Å². The Hall–Kier alpha value is -1.79. The molecule has 1 atom stereocenters. The zero-order valence-corrected chi connectivity index (χ0v) is 14.1. The van der Waals surface area contributed by atoms with Crippen molar-refractivity contribution in [1.82, 2.24) is 15.3 Å². The van der Waals surface area contributed by atoms with Gasteiger partial charge in [-0.05, 0) is 38.3 Å². The molecule has 1 N–H and O–H groups in total. The summed E-state index contributed by atoms with van der Waals surface area (Å²) in [5.41, 5.74) is 0.903. The summed E-state index contributed by atoms with van der Waals surface area (Å²) in [5.74, 6) is 0.764.